The standard InChI is InChI=1S/C7H10N2S/c1-4-3-5(2)9-7(8)6(4)10/h3,10H,1-2H3,(H2,8,9). The van der Waals surface area contributed by atoms with Gasteiger partial charge in [-0.15, -0.1) is 12.6 Å². The summed E-state index contributed by atoms with van der Waals surface area (Å²) in [6.07, 6.45) is 0. The van der Waals surface area contributed by atoms with E-state index in [0.717, 1.165) is 16.2 Å². The summed E-state index contributed by atoms with van der Waals surface area (Å²) in [4.78, 5) is 4.82. The Kier molecular flexibility index (Phi) is 1.85. The van der Waals surface area contributed by atoms with Crippen LogP contribution in [0.3, 0.4) is 0 Å². The van der Waals surface area contributed by atoms with Crippen LogP contribution in [0.15, 0.2) is 11.0 Å². The first-order valence-corrected chi connectivity index (χ1v) is 3.48. The zero-order valence-electron chi connectivity index (χ0n) is 6.05. The van der Waals surface area contributed by atoms with Crippen LogP contribution >= 0.6 is 12.6 Å². The van der Waals surface area contributed by atoms with Crippen LogP contribution in [0, 0.1) is 13.8 Å². The number of nitrogens with two attached hydrogens (primary N) is 1. The van der Waals surface area contributed by atoms with Gasteiger partial charge < -0.3 is 5.73 Å². The number of hydrogen-bond donors (Lipinski definition) is 2. The molecule has 1 heterocycles. The average Bonchev–Trinajstić information content (AvgIpc) is 1.82. The first-order valence-electron chi connectivity index (χ1n) is 3.04. The molecule has 54 valence electrons. The van der Waals surface area contributed by atoms with E-state index < -0.39 is 0 Å². The van der Waals surface area contributed by atoms with Gasteiger partial charge in [0, 0.05) is 10.6 Å². The molecule has 0 aliphatic carbocycles. The van der Waals surface area contributed by atoms with Crippen LogP contribution in [0.25, 0.3) is 0 Å². The Hall–Kier alpha value is -0.700. The molecule has 0 radical (unpaired) electrons. The molecule has 0 saturated carbocycles. The van der Waals surface area contributed by atoms with Crippen LogP contribution in [0.1, 0.15) is 11.3 Å². The Labute approximate surface area is 65.9 Å². The SMILES string of the molecule is Cc1cc(C)c(S)c(N)n1. The summed E-state index contributed by atoms with van der Waals surface area (Å²) in [5.41, 5.74) is 7.55. The van der Waals surface area contributed by atoms with Gasteiger partial charge in [0.25, 0.3) is 0 Å². The van der Waals surface area contributed by atoms with E-state index in [1.165, 1.54) is 0 Å². The van der Waals surface area contributed by atoms with Crippen molar-refractivity contribution in [3.05, 3.63) is 17.3 Å². The summed E-state index contributed by atoms with van der Waals surface area (Å²) in [7, 11) is 0. The average molecular weight is 154 g/mol. The van der Waals surface area contributed by atoms with E-state index in [0.29, 0.717) is 5.82 Å². The summed E-state index contributed by atoms with van der Waals surface area (Å²) in [5.74, 6) is 0.515. The molecular formula is C7H10N2S. The lowest BCUT2D eigenvalue weighted by Crippen LogP contribution is -1.95. The molecule has 0 aromatic carbocycles. The Morgan fingerprint density at radius 2 is 2.10 bits per heavy atom. The summed E-state index contributed by atoms with van der Waals surface area (Å²) in [6, 6.07) is 1.96. The number of anilines is 1. The van der Waals surface area contributed by atoms with Gasteiger partial charge in [-0.05, 0) is 25.5 Å². The van der Waals surface area contributed by atoms with Crippen molar-refractivity contribution in [3.8, 4) is 0 Å². The van der Waals surface area contributed by atoms with Crippen molar-refractivity contribution >= 4 is 18.4 Å². The van der Waals surface area contributed by atoms with Crippen molar-refractivity contribution in [2.75, 3.05) is 5.73 Å². The zero-order valence-corrected chi connectivity index (χ0v) is 6.94. The molecule has 0 aliphatic heterocycles. The first-order chi connectivity index (χ1) is 4.61. The fourth-order valence-electron chi connectivity index (χ4n) is 0.859. The highest BCUT2D eigenvalue weighted by Crippen LogP contribution is 2.18. The quantitative estimate of drug-likeness (QED) is 0.557. The molecule has 1 aromatic heterocycles. The molecule has 0 fully saturated rings. The van der Waals surface area contributed by atoms with Gasteiger partial charge >= 0.3 is 0 Å². The number of hydrogen-bond acceptors (Lipinski definition) is 3. The van der Waals surface area contributed by atoms with Crippen molar-refractivity contribution in [1.29, 1.82) is 0 Å². The topological polar surface area (TPSA) is 38.9 Å². The predicted molar refractivity (Wildman–Crippen MR) is 45.4 cm³/mol. The van der Waals surface area contributed by atoms with Gasteiger partial charge in [-0.2, -0.15) is 0 Å². The van der Waals surface area contributed by atoms with Crippen LogP contribution in [0.5, 0.6) is 0 Å². The minimum absolute atomic E-state index is 0.515. The molecular weight excluding hydrogens is 144 g/mol. The van der Waals surface area contributed by atoms with Crippen molar-refractivity contribution in [2.24, 2.45) is 0 Å². The van der Waals surface area contributed by atoms with Crippen molar-refractivity contribution in [3.63, 3.8) is 0 Å². The number of pyridine rings is 1. The molecule has 1 rings (SSSR count). The third kappa shape index (κ3) is 1.24. The molecule has 0 spiro atoms. The van der Waals surface area contributed by atoms with Crippen molar-refractivity contribution in [2.45, 2.75) is 18.7 Å². The molecule has 1 aromatic rings. The summed E-state index contributed by atoms with van der Waals surface area (Å²) in [6.45, 7) is 3.88. The largest absolute Gasteiger partial charge is 0.383 e. The summed E-state index contributed by atoms with van der Waals surface area (Å²) in [5, 5.41) is 0. The second kappa shape index (κ2) is 2.50. The van der Waals surface area contributed by atoms with Gasteiger partial charge in [-0.25, -0.2) is 4.98 Å². The molecule has 10 heavy (non-hydrogen) atoms. The molecule has 0 amide bonds. The Bertz CT molecular complexity index is 235. The van der Waals surface area contributed by atoms with Gasteiger partial charge in [0.15, 0.2) is 0 Å². The fourth-order valence-corrected chi connectivity index (χ4v) is 0.973. The number of rotatable bonds is 0. The predicted octanol–water partition coefficient (Wildman–Crippen LogP) is 1.57. The van der Waals surface area contributed by atoms with E-state index >= 15 is 0 Å². The minimum Gasteiger partial charge on any atom is -0.383 e. The van der Waals surface area contributed by atoms with Crippen molar-refractivity contribution in [1.82, 2.24) is 4.98 Å². The van der Waals surface area contributed by atoms with E-state index in [4.69, 9.17) is 5.73 Å². The van der Waals surface area contributed by atoms with E-state index in [2.05, 4.69) is 17.6 Å². The van der Waals surface area contributed by atoms with Crippen LogP contribution in [0.2, 0.25) is 0 Å². The number of aryl methyl sites for hydroxylation is 2. The van der Waals surface area contributed by atoms with E-state index in [-0.39, 0.29) is 0 Å². The lowest BCUT2D eigenvalue weighted by molar-refractivity contribution is 1.13. The lowest BCUT2D eigenvalue weighted by atomic mass is 10.2. The minimum atomic E-state index is 0.515. The second-order valence-corrected chi connectivity index (χ2v) is 2.76. The lowest BCUT2D eigenvalue weighted by Gasteiger charge is -2.02. The van der Waals surface area contributed by atoms with E-state index in [1.54, 1.807) is 0 Å². The molecule has 2 N–H and O–H groups in total. The number of nitrogens with zero attached hydrogens (tertiary/aromatic N) is 1. The van der Waals surface area contributed by atoms with E-state index in [9.17, 15) is 0 Å². The van der Waals surface area contributed by atoms with Crippen LogP contribution in [-0.4, -0.2) is 4.98 Å². The smallest absolute Gasteiger partial charge is 0.137 e. The summed E-state index contributed by atoms with van der Waals surface area (Å²) < 4.78 is 0. The third-order valence-corrected chi connectivity index (χ3v) is 1.92. The molecule has 3 heteroatoms. The maximum absolute atomic E-state index is 5.53. The van der Waals surface area contributed by atoms with Gasteiger partial charge in [-0.1, -0.05) is 0 Å². The highest BCUT2D eigenvalue weighted by molar-refractivity contribution is 7.80. The number of nitrogen functional groups attached to an aromatic ring is 1. The van der Waals surface area contributed by atoms with Crippen LogP contribution < -0.4 is 5.73 Å². The van der Waals surface area contributed by atoms with Gasteiger partial charge in [0.05, 0.1) is 0 Å². The van der Waals surface area contributed by atoms with Crippen LogP contribution in [-0.2, 0) is 0 Å². The van der Waals surface area contributed by atoms with E-state index in [1.807, 2.05) is 19.9 Å². The first kappa shape index (κ1) is 7.41. The molecule has 0 aliphatic rings. The molecule has 0 atom stereocenters. The zero-order chi connectivity index (χ0) is 7.72. The number of thiol groups is 1. The monoisotopic (exact) mass is 154 g/mol. The van der Waals surface area contributed by atoms with Gasteiger partial charge in [0.1, 0.15) is 5.82 Å². The molecule has 0 saturated heterocycles. The molecule has 0 unspecified atom stereocenters. The Morgan fingerprint density at radius 3 is 2.60 bits per heavy atom. The number of aromatic nitrogens is 1. The van der Waals surface area contributed by atoms with Gasteiger partial charge in [0.2, 0.25) is 0 Å². The molecule has 0 bridgehead atoms. The maximum atomic E-state index is 5.53. The van der Waals surface area contributed by atoms with Crippen molar-refractivity contribution < 1.29 is 0 Å². The normalized spacial score (nSPS) is 9.90. The van der Waals surface area contributed by atoms with Crippen LogP contribution in [0.4, 0.5) is 5.82 Å². The highest BCUT2D eigenvalue weighted by atomic mass is 32.1. The third-order valence-electron chi connectivity index (χ3n) is 1.34. The maximum Gasteiger partial charge on any atom is 0.137 e. The molecule has 2 nitrogen and oxygen atoms in total. The second-order valence-electron chi connectivity index (χ2n) is 2.31. The Morgan fingerprint density at radius 1 is 1.50 bits per heavy atom. The van der Waals surface area contributed by atoms with Gasteiger partial charge in [-0.3, -0.25) is 0 Å². The fraction of sp³-hybridized carbons (Fsp3) is 0.286. The highest BCUT2D eigenvalue weighted by Gasteiger charge is 1.99. The summed E-state index contributed by atoms with van der Waals surface area (Å²) >= 11 is 4.17. The Balaban J connectivity index is 3.31.